The van der Waals surface area contributed by atoms with Crippen molar-refractivity contribution in [2.75, 3.05) is 26.3 Å². The highest BCUT2D eigenvalue weighted by atomic mass is 16.5. The molecule has 1 aliphatic carbocycles. The van der Waals surface area contributed by atoms with Crippen LogP contribution in [0.4, 0.5) is 0 Å². The molecule has 1 amide bonds. The second-order valence-electron chi connectivity index (χ2n) is 5.72. The highest BCUT2D eigenvalue weighted by Gasteiger charge is 2.46. The van der Waals surface area contributed by atoms with Gasteiger partial charge in [-0.05, 0) is 44.9 Å². The Labute approximate surface area is 119 Å². The fourth-order valence-electron chi connectivity index (χ4n) is 2.54. The molecule has 1 aliphatic heterocycles. The van der Waals surface area contributed by atoms with E-state index in [1.165, 1.54) is 12.8 Å². The van der Waals surface area contributed by atoms with Crippen molar-refractivity contribution < 1.29 is 14.3 Å². The summed E-state index contributed by atoms with van der Waals surface area (Å²) in [7, 11) is 0. The Morgan fingerprint density at radius 2 is 1.80 bits per heavy atom. The summed E-state index contributed by atoms with van der Waals surface area (Å²) < 4.78 is 11.7. The van der Waals surface area contributed by atoms with Gasteiger partial charge in [0.05, 0.1) is 13.2 Å². The van der Waals surface area contributed by atoms with Gasteiger partial charge in [0.15, 0.2) is 11.5 Å². The number of ether oxygens (including phenoxy) is 2. The molecule has 0 atom stereocenters. The number of hydrogen-bond acceptors (Lipinski definition) is 3. The summed E-state index contributed by atoms with van der Waals surface area (Å²) >= 11 is 0. The fraction of sp³-hybridized carbons (Fsp3) is 0.562. The maximum Gasteiger partial charge on any atom is 0.253 e. The van der Waals surface area contributed by atoms with Gasteiger partial charge in [0.1, 0.15) is 0 Å². The topological polar surface area (TPSA) is 38.8 Å². The van der Waals surface area contributed by atoms with E-state index in [1.54, 1.807) is 0 Å². The lowest BCUT2D eigenvalue weighted by atomic mass is 10.1. The molecule has 0 aromatic heterocycles. The van der Waals surface area contributed by atoms with Crippen LogP contribution < -0.4 is 9.47 Å². The maximum atomic E-state index is 12.3. The van der Waals surface area contributed by atoms with Gasteiger partial charge in [-0.25, -0.2) is 0 Å². The Bertz CT molecular complexity index is 518. The number of fused-ring (bicyclic) bond motifs is 1. The number of amides is 1. The monoisotopic (exact) mass is 275 g/mol. The van der Waals surface area contributed by atoms with Crippen molar-refractivity contribution in [1.82, 2.24) is 4.90 Å². The molecule has 1 spiro atoms. The van der Waals surface area contributed by atoms with Gasteiger partial charge in [-0.3, -0.25) is 4.79 Å². The standard InChI is InChI=1S/C16H21NO3/c1-3-17(4-2)15(18)12-5-6-13-14(9-12)20-11-16(7-8-16)10-19-13/h5-6,9H,3-4,7-8,10-11H2,1-2H3. The largest absolute Gasteiger partial charge is 0.489 e. The number of carbonyl (C=O) groups excluding carboxylic acids is 1. The summed E-state index contributed by atoms with van der Waals surface area (Å²) in [6.07, 6.45) is 2.35. The third-order valence-electron chi connectivity index (χ3n) is 4.27. The molecule has 0 radical (unpaired) electrons. The van der Waals surface area contributed by atoms with E-state index in [-0.39, 0.29) is 11.3 Å². The van der Waals surface area contributed by atoms with E-state index in [0.29, 0.717) is 31.0 Å². The predicted molar refractivity (Wildman–Crippen MR) is 76.4 cm³/mol. The maximum absolute atomic E-state index is 12.3. The Morgan fingerprint density at radius 3 is 2.40 bits per heavy atom. The molecule has 1 heterocycles. The van der Waals surface area contributed by atoms with Gasteiger partial charge in [-0.2, -0.15) is 0 Å². The van der Waals surface area contributed by atoms with Crippen molar-refractivity contribution in [2.24, 2.45) is 5.41 Å². The number of hydrogen-bond donors (Lipinski definition) is 0. The van der Waals surface area contributed by atoms with Crippen LogP contribution in [-0.4, -0.2) is 37.1 Å². The Kier molecular flexibility index (Phi) is 3.32. The number of carbonyl (C=O) groups is 1. The summed E-state index contributed by atoms with van der Waals surface area (Å²) in [6, 6.07) is 5.50. The van der Waals surface area contributed by atoms with Crippen molar-refractivity contribution in [3.63, 3.8) is 0 Å². The van der Waals surface area contributed by atoms with Crippen LogP contribution in [-0.2, 0) is 0 Å². The van der Waals surface area contributed by atoms with E-state index in [2.05, 4.69) is 0 Å². The van der Waals surface area contributed by atoms with E-state index in [0.717, 1.165) is 12.4 Å². The van der Waals surface area contributed by atoms with Gasteiger partial charge in [0, 0.05) is 24.1 Å². The summed E-state index contributed by atoms with van der Waals surface area (Å²) in [4.78, 5) is 14.2. The molecule has 1 fully saturated rings. The molecule has 0 saturated heterocycles. The highest BCUT2D eigenvalue weighted by molar-refractivity contribution is 5.94. The minimum atomic E-state index is 0.0479. The molecule has 108 valence electrons. The summed E-state index contributed by atoms with van der Waals surface area (Å²) in [6.45, 7) is 6.83. The van der Waals surface area contributed by atoms with Crippen LogP contribution in [0.2, 0.25) is 0 Å². The van der Waals surface area contributed by atoms with Crippen LogP contribution in [0.5, 0.6) is 11.5 Å². The second kappa shape index (κ2) is 5.00. The SMILES string of the molecule is CCN(CC)C(=O)c1ccc2c(c1)OCC1(CC1)CO2. The second-order valence-corrected chi connectivity index (χ2v) is 5.72. The number of nitrogens with zero attached hydrogens (tertiary/aromatic N) is 1. The Balaban J connectivity index is 1.82. The van der Waals surface area contributed by atoms with Gasteiger partial charge in [-0.1, -0.05) is 0 Å². The normalized spacial score (nSPS) is 18.5. The van der Waals surface area contributed by atoms with Crippen LogP contribution in [0.1, 0.15) is 37.0 Å². The fourth-order valence-corrected chi connectivity index (χ4v) is 2.54. The average molecular weight is 275 g/mol. The molecule has 0 bridgehead atoms. The first-order valence-corrected chi connectivity index (χ1v) is 7.36. The van der Waals surface area contributed by atoms with Crippen molar-refractivity contribution in [3.8, 4) is 11.5 Å². The minimum Gasteiger partial charge on any atom is -0.489 e. The number of benzene rings is 1. The smallest absolute Gasteiger partial charge is 0.253 e. The van der Waals surface area contributed by atoms with Gasteiger partial charge in [0.25, 0.3) is 5.91 Å². The zero-order valence-corrected chi connectivity index (χ0v) is 12.1. The molecule has 20 heavy (non-hydrogen) atoms. The number of rotatable bonds is 3. The van der Waals surface area contributed by atoms with E-state index < -0.39 is 0 Å². The Hall–Kier alpha value is -1.71. The van der Waals surface area contributed by atoms with Crippen molar-refractivity contribution in [1.29, 1.82) is 0 Å². The molecule has 1 aromatic rings. The molecule has 4 heteroatoms. The minimum absolute atomic E-state index is 0.0479. The van der Waals surface area contributed by atoms with Gasteiger partial charge in [0.2, 0.25) is 0 Å². The molecular weight excluding hydrogens is 254 g/mol. The van der Waals surface area contributed by atoms with Crippen molar-refractivity contribution >= 4 is 5.91 Å². The van der Waals surface area contributed by atoms with E-state index in [4.69, 9.17) is 9.47 Å². The average Bonchev–Trinajstić information content (AvgIpc) is 3.27. The quantitative estimate of drug-likeness (QED) is 0.851. The predicted octanol–water partition coefficient (Wildman–Crippen LogP) is 2.72. The lowest BCUT2D eigenvalue weighted by Crippen LogP contribution is -2.30. The molecule has 1 saturated carbocycles. The lowest BCUT2D eigenvalue weighted by molar-refractivity contribution is 0.0772. The van der Waals surface area contributed by atoms with Crippen LogP contribution in [0.15, 0.2) is 18.2 Å². The first-order valence-electron chi connectivity index (χ1n) is 7.36. The van der Waals surface area contributed by atoms with E-state index in [9.17, 15) is 4.79 Å². The molecule has 3 rings (SSSR count). The highest BCUT2D eigenvalue weighted by Crippen LogP contribution is 2.49. The molecule has 1 aromatic carbocycles. The van der Waals surface area contributed by atoms with Crippen molar-refractivity contribution in [3.05, 3.63) is 23.8 Å². The van der Waals surface area contributed by atoms with Gasteiger partial charge >= 0.3 is 0 Å². The van der Waals surface area contributed by atoms with Crippen LogP contribution >= 0.6 is 0 Å². The first-order chi connectivity index (χ1) is 9.67. The van der Waals surface area contributed by atoms with Crippen LogP contribution in [0.3, 0.4) is 0 Å². The van der Waals surface area contributed by atoms with Gasteiger partial charge < -0.3 is 14.4 Å². The van der Waals surface area contributed by atoms with Crippen molar-refractivity contribution in [2.45, 2.75) is 26.7 Å². The van der Waals surface area contributed by atoms with Gasteiger partial charge in [-0.15, -0.1) is 0 Å². The summed E-state index contributed by atoms with van der Waals surface area (Å²) in [5.41, 5.74) is 0.894. The molecule has 0 N–H and O–H groups in total. The molecule has 2 aliphatic rings. The first kappa shape index (κ1) is 13.3. The third-order valence-corrected chi connectivity index (χ3v) is 4.27. The van der Waals surface area contributed by atoms with E-state index in [1.807, 2.05) is 36.9 Å². The lowest BCUT2D eigenvalue weighted by Gasteiger charge is -2.19. The third kappa shape index (κ3) is 2.35. The zero-order valence-electron chi connectivity index (χ0n) is 12.1. The Morgan fingerprint density at radius 1 is 1.15 bits per heavy atom. The molecular formula is C16H21NO3. The van der Waals surface area contributed by atoms with E-state index >= 15 is 0 Å². The molecule has 0 unspecified atom stereocenters. The molecule has 4 nitrogen and oxygen atoms in total. The van der Waals surface area contributed by atoms with Crippen LogP contribution in [0, 0.1) is 5.41 Å². The zero-order chi connectivity index (χ0) is 14.2. The van der Waals surface area contributed by atoms with Crippen LogP contribution in [0.25, 0.3) is 0 Å². The summed E-state index contributed by atoms with van der Waals surface area (Å²) in [5.74, 6) is 1.50. The summed E-state index contributed by atoms with van der Waals surface area (Å²) in [5, 5.41) is 0.